The van der Waals surface area contributed by atoms with Crippen LogP contribution in [0.2, 0.25) is 19.6 Å². The maximum atomic E-state index is 5.58. The largest absolute Gasteiger partial charge is 0.498 e. The van der Waals surface area contributed by atoms with E-state index in [0.29, 0.717) is 17.8 Å². The van der Waals surface area contributed by atoms with Gasteiger partial charge in [-0.1, -0.05) is 143 Å². The number of aromatic nitrogens is 3. The van der Waals surface area contributed by atoms with Crippen LogP contribution >= 0.6 is 11.3 Å². The average Bonchev–Trinajstić information content (AvgIpc) is 3.81. The second-order valence-electron chi connectivity index (χ2n) is 17.2. The van der Waals surface area contributed by atoms with Crippen LogP contribution in [0.1, 0.15) is 70.1 Å². The zero-order valence-electron chi connectivity index (χ0n) is 36.0. The summed E-state index contributed by atoms with van der Waals surface area (Å²) in [5.41, 5.74) is 13.1. The van der Waals surface area contributed by atoms with Crippen LogP contribution in [0.4, 0.5) is 0 Å². The maximum Gasteiger partial charge on any atom is 0.108 e. The molecule has 0 saturated heterocycles. The number of benzene rings is 5. The van der Waals surface area contributed by atoms with Crippen molar-refractivity contribution in [2.75, 3.05) is 7.11 Å². The molecule has 3 heterocycles. The van der Waals surface area contributed by atoms with Crippen LogP contribution in [-0.4, -0.2) is 29.7 Å². The Morgan fingerprint density at radius 1 is 0.763 bits per heavy atom. The van der Waals surface area contributed by atoms with Crippen molar-refractivity contribution in [1.29, 1.82) is 0 Å². The number of para-hydroxylation sites is 2. The summed E-state index contributed by atoms with van der Waals surface area (Å²) >= 11 is 1.63. The molecule has 5 aromatic carbocycles. The van der Waals surface area contributed by atoms with E-state index in [2.05, 4.69) is 179 Å². The minimum atomic E-state index is -1.34. The van der Waals surface area contributed by atoms with Gasteiger partial charge in [-0.2, -0.15) is 0 Å². The van der Waals surface area contributed by atoms with Crippen molar-refractivity contribution >= 4 is 45.7 Å². The van der Waals surface area contributed by atoms with Gasteiger partial charge in [-0.15, -0.1) is 41.3 Å². The predicted molar refractivity (Wildman–Crippen MR) is 251 cm³/mol. The Morgan fingerprint density at radius 2 is 1.44 bits per heavy atom. The van der Waals surface area contributed by atoms with Crippen molar-refractivity contribution in [1.82, 2.24) is 14.5 Å². The van der Waals surface area contributed by atoms with Gasteiger partial charge < -0.3 is 14.3 Å². The van der Waals surface area contributed by atoms with E-state index in [1.807, 2.05) is 24.3 Å². The quantitative estimate of drug-likeness (QED) is 0.101. The number of nitrogens with zero attached hydrogens (tertiary/aromatic N) is 3. The molecule has 1 radical (unpaired) electrons. The van der Waals surface area contributed by atoms with Crippen molar-refractivity contribution in [3.63, 3.8) is 0 Å². The van der Waals surface area contributed by atoms with E-state index in [-0.39, 0.29) is 20.1 Å². The molecule has 0 amide bonds. The Morgan fingerprint density at radius 3 is 2.07 bits per heavy atom. The molecule has 0 N–H and O–H groups in total. The Kier molecular flexibility index (Phi) is 13.9. The summed E-state index contributed by atoms with van der Waals surface area (Å²) in [5.74, 6) is 3.07. The second-order valence-corrected chi connectivity index (χ2v) is 23.1. The molecule has 0 bridgehead atoms. The molecular formula is C52H55IrN3OSSi-2. The number of imidazole rings is 1. The number of methoxy groups -OCH3 is 1. The second kappa shape index (κ2) is 18.7. The number of hydrogen-bond donors (Lipinski definition) is 0. The first-order valence-electron chi connectivity index (χ1n) is 20.5. The summed E-state index contributed by atoms with van der Waals surface area (Å²) in [6, 6.07) is 43.7. The molecule has 3 aromatic heterocycles. The molecule has 4 nitrogen and oxygen atoms in total. The van der Waals surface area contributed by atoms with E-state index in [1.165, 1.54) is 43.4 Å². The van der Waals surface area contributed by atoms with Crippen molar-refractivity contribution in [2.45, 2.75) is 79.4 Å². The Hall–Kier alpha value is -4.65. The molecule has 0 spiro atoms. The number of fused-ring (bicyclic) bond motifs is 2. The first-order valence-corrected chi connectivity index (χ1v) is 24.8. The number of thiophene rings is 1. The SMILES string of the molecule is CC(C)Cc1cc(-c2[c-]cccc2)ncc1[Si](C)(C)C.COc1ccc2s[c-]c(-c3nc4ccccc4n3-c3c(C(C)C)cc(-c4ccccc4)cc3C(C)C)c2c1.[Ir]. The van der Waals surface area contributed by atoms with E-state index >= 15 is 0 Å². The third kappa shape index (κ3) is 9.55. The molecule has 0 atom stereocenters. The van der Waals surface area contributed by atoms with Crippen LogP contribution < -0.4 is 9.92 Å². The van der Waals surface area contributed by atoms with Gasteiger partial charge in [0.25, 0.3) is 0 Å². The Balaban J connectivity index is 0.000000236. The van der Waals surface area contributed by atoms with Crippen molar-refractivity contribution in [2.24, 2.45) is 5.92 Å². The van der Waals surface area contributed by atoms with Crippen LogP contribution in [0.15, 0.2) is 121 Å². The van der Waals surface area contributed by atoms with E-state index in [4.69, 9.17) is 9.72 Å². The molecule has 7 heteroatoms. The number of ether oxygens (including phenoxy) is 1. The topological polar surface area (TPSA) is 39.9 Å². The van der Waals surface area contributed by atoms with Gasteiger partial charge in [0.15, 0.2) is 0 Å². The molecule has 8 aromatic rings. The average molecular weight is 990 g/mol. The fraction of sp³-hybridized carbons (Fsp3) is 0.269. The van der Waals surface area contributed by atoms with Gasteiger partial charge in [-0.3, -0.25) is 16.3 Å². The Bertz CT molecular complexity index is 2630. The molecule has 0 aliphatic heterocycles. The van der Waals surface area contributed by atoms with Crippen LogP contribution in [0.5, 0.6) is 5.75 Å². The number of pyridine rings is 1. The summed E-state index contributed by atoms with van der Waals surface area (Å²) in [6.07, 6.45) is 3.24. The van der Waals surface area contributed by atoms with E-state index in [1.54, 1.807) is 18.4 Å². The molecule has 0 aliphatic rings. The molecule has 0 aliphatic carbocycles. The first-order chi connectivity index (χ1) is 27.8. The third-order valence-electron chi connectivity index (χ3n) is 10.7. The van der Waals surface area contributed by atoms with Gasteiger partial charge in [-0.05, 0) is 87.6 Å². The summed E-state index contributed by atoms with van der Waals surface area (Å²) < 4.78 is 9.13. The summed E-state index contributed by atoms with van der Waals surface area (Å²) in [4.78, 5) is 9.90. The minimum absolute atomic E-state index is 0. The maximum absolute atomic E-state index is 5.58. The molecule has 59 heavy (non-hydrogen) atoms. The molecule has 8 rings (SSSR count). The summed E-state index contributed by atoms with van der Waals surface area (Å²) in [5, 5.41) is 6.20. The minimum Gasteiger partial charge on any atom is -0.498 e. The van der Waals surface area contributed by atoms with Gasteiger partial charge >= 0.3 is 0 Å². The monoisotopic (exact) mass is 990 g/mol. The van der Waals surface area contributed by atoms with Crippen molar-refractivity contribution < 1.29 is 24.8 Å². The number of hydrogen-bond acceptors (Lipinski definition) is 4. The van der Waals surface area contributed by atoms with Gasteiger partial charge in [0, 0.05) is 32.0 Å². The third-order valence-corrected chi connectivity index (χ3v) is 13.6. The van der Waals surface area contributed by atoms with E-state index < -0.39 is 8.07 Å². The standard InChI is InChI=1S/C34H31N2OS.C18H24NSi.Ir/c1-21(2)26-17-24(23-11-7-6-8-12-23)18-27(22(3)4)33(26)36-31-14-10-9-13-30(31)35-34(36)29-20-38-32-16-15-25(37-5)19-28(29)32;1-14(2)11-16-12-17(15-9-7-6-8-10-15)19-13-18(16)20(3,4)5;/h6-19,21-22H,1-5H3;6-9,12-14H,11H2,1-5H3;/q2*-1;. The first kappa shape index (κ1) is 43.9. The zero-order valence-corrected chi connectivity index (χ0v) is 40.2. The van der Waals surface area contributed by atoms with Crippen LogP contribution in [0.25, 0.3) is 60.6 Å². The van der Waals surface area contributed by atoms with Crippen molar-refractivity contribution in [3.8, 4) is 45.2 Å². The van der Waals surface area contributed by atoms with Gasteiger partial charge in [0.05, 0.1) is 32.0 Å². The molecule has 0 fully saturated rings. The smallest absolute Gasteiger partial charge is 0.108 e. The summed E-state index contributed by atoms with van der Waals surface area (Å²) in [7, 11) is 0.371. The predicted octanol–water partition coefficient (Wildman–Crippen LogP) is 13.9. The zero-order chi connectivity index (χ0) is 41.1. The molecule has 0 saturated carbocycles. The molecule has 305 valence electrons. The normalized spacial score (nSPS) is 11.6. The van der Waals surface area contributed by atoms with Gasteiger partial charge in [-0.25, -0.2) is 0 Å². The fourth-order valence-corrected chi connectivity index (χ4v) is 10.2. The van der Waals surface area contributed by atoms with Crippen LogP contribution in [0, 0.1) is 17.4 Å². The van der Waals surface area contributed by atoms with Crippen LogP contribution in [-0.2, 0) is 26.5 Å². The van der Waals surface area contributed by atoms with E-state index in [9.17, 15) is 0 Å². The number of rotatable bonds is 10. The van der Waals surface area contributed by atoms with Gasteiger partial charge in [0.2, 0.25) is 0 Å². The van der Waals surface area contributed by atoms with Gasteiger partial charge in [0.1, 0.15) is 5.75 Å². The van der Waals surface area contributed by atoms with E-state index in [0.717, 1.165) is 51.2 Å². The molecule has 0 unspecified atom stereocenters. The Labute approximate surface area is 370 Å². The fourth-order valence-electron chi connectivity index (χ4n) is 7.76. The molecular weight excluding hydrogens is 935 g/mol. The van der Waals surface area contributed by atoms with Crippen molar-refractivity contribution in [3.05, 3.63) is 150 Å². The van der Waals surface area contributed by atoms with Crippen LogP contribution in [0.3, 0.4) is 0 Å². The summed E-state index contributed by atoms with van der Waals surface area (Å²) in [6.45, 7) is 20.9.